The Kier molecular flexibility index (Phi) is 17.3. The zero-order valence-electron chi connectivity index (χ0n) is 21.7. The van der Waals surface area contributed by atoms with Gasteiger partial charge in [0, 0.05) is 89.1 Å². The van der Waals surface area contributed by atoms with Gasteiger partial charge in [-0.1, -0.05) is 12.1 Å². The van der Waals surface area contributed by atoms with Gasteiger partial charge in [0.15, 0.2) is 0 Å². The second-order valence-electron chi connectivity index (χ2n) is 9.20. The Morgan fingerprint density at radius 2 is 1.19 bits per heavy atom. The minimum atomic E-state index is -0.934. The molecule has 6 N–H and O–H groups in total. The fourth-order valence-electron chi connectivity index (χ4n) is 3.94. The normalized spacial score (nSPS) is 17.1. The van der Waals surface area contributed by atoms with Crippen molar-refractivity contribution in [3.63, 3.8) is 0 Å². The van der Waals surface area contributed by atoms with Gasteiger partial charge < -0.3 is 26.1 Å². The SMILES string of the molecule is CC(C)NC(=O)c1ccc(CN2CCN(CO)CCN(CC(=O)O)CCN(CC(=O)O)CC2)cc1.O.[V]. The summed E-state index contributed by atoms with van der Waals surface area (Å²) in [6, 6.07) is 7.51. The summed E-state index contributed by atoms with van der Waals surface area (Å²) in [5, 5.41) is 31.2. The van der Waals surface area contributed by atoms with Gasteiger partial charge in [-0.25, -0.2) is 0 Å². The fourth-order valence-corrected chi connectivity index (χ4v) is 3.94. The Bertz CT molecular complexity index is 828. The molecular formula is C24H41N5O7V. The standard InChI is InChI=1S/C24H39N5O6.H2O.V/c1-19(2)25-24(35)21-5-3-20(4-6-21)15-26-7-8-27(16-22(31)32)9-10-28(17-23(33)34)12-14-29(18-30)13-11-26;;/h3-6,19,30H,7-18H2,1-2H3,(H,25,35)(H,31,32)(H,33,34);1H2;. The third kappa shape index (κ3) is 13.9. The first-order valence-electron chi connectivity index (χ1n) is 12.0. The molecule has 1 aliphatic rings. The molecule has 2 rings (SSSR count). The predicted molar refractivity (Wildman–Crippen MR) is 135 cm³/mol. The minimum Gasteiger partial charge on any atom is -0.480 e. The van der Waals surface area contributed by atoms with E-state index >= 15 is 0 Å². The number of carboxylic acids is 2. The summed E-state index contributed by atoms with van der Waals surface area (Å²) in [4.78, 5) is 42.5. The zero-order valence-corrected chi connectivity index (χ0v) is 23.1. The summed E-state index contributed by atoms with van der Waals surface area (Å²) in [5.74, 6) is -1.97. The molecule has 0 bridgehead atoms. The fraction of sp³-hybridized carbons (Fsp3) is 0.625. The Morgan fingerprint density at radius 1 is 0.784 bits per heavy atom. The van der Waals surface area contributed by atoms with E-state index in [0.29, 0.717) is 64.5 Å². The van der Waals surface area contributed by atoms with Crippen LogP contribution in [0.5, 0.6) is 0 Å². The summed E-state index contributed by atoms with van der Waals surface area (Å²) >= 11 is 0. The zero-order chi connectivity index (χ0) is 25.8. The minimum absolute atomic E-state index is 0. The second kappa shape index (κ2) is 18.3. The van der Waals surface area contributed by atoms with Crippen molar-refractivity contribution in [2.75, 3.05) is 72.2 Å². The van der Waals surface area contributed by atoms with Crippen molar-refractivity contribution in [1.82, 2.24) is 24.9 Å². The van der Waals surface area contributed by atoms with E-state index in [2.05, 4.69) is 10.2 Å². The summed E-state index contributed by atoms with van der Waals surface area (Å²) in [6.45, 7) is 8.29. The van der Waals surface area contributed by atoms with Crippen molar-refractivity contribution in [2.45, 2.75) is 26.4 Å². The van der Waals surface area contributed by atoms with Crippen LogP contribution in [0.1, 0.15) is 29.8 Å². The number of aliphatic hydroxyl groups excluding tert-OH is 1. The van der Waals surface area contributed by atoms with Gasteiger partial charge in [0.1, 0.15) is 0 Å². The van der Waals surface area contributed by atoms with Gasteiger partial charge in [0.2, 0.25) is 0 Å². The Morgan fingerprint density at radius 3 is 1.57 bits per heavy atom. The first-order chi connectivity index (χ1) is 16.7. The maximum absolute atomic E-state index is 12.2. The number of aliphatic hydroxyl groups is 1. The van der Waals surface area contributed by atoms with E-state index in [1.165, 1.54) is 0 Å². The summed E-state index contributed by atoms with van der Waals surface area (Å²) < 4.78 is 0. The molecule has 0 spiro atoms. The quantitative estimate of drug-likeness (QED) is 0.288. The van der Waals surface area contributed by atoms with Gasteiger partial charge in [0.05, 0.1) is 19.8 Å². The Labute approximate surface area is 230 Å². The maximum Gasteiger partial charge on any atom is 0.317 e. The number of carbonyl (C=O) groups excluding carboxylic acids is 1. The van der Waals surface area contributed by atoms with Gasteiger partial charge in [-0.05, 0) is 31.5 Å². The third-order valence-corrected chi connectivity index (χ3v) is 5.89. The van der Waals surface area contributed by atoms with Crippen LogP contribution < -0.4 is 5.32 Å². The van der Waals surface area contributed by atoms with E-state index in [1.807, 2.05) is 35.8 Å². The molecule has 1 saturated heterocycles. The Hall–Kier alpha value is -2.03. The number of carboxylic acid groups (broad SMARTS) is 2. The van der Waals surface area contributed by atoms with Crippen LogP contribution in [0.2, 0.25) is 0 Å². The number of nitrogens with zero attached hydrogens (tertiary/aromatic N) is 4. The van der Waals surface area contributed by atoms with Crippen LogP contribution in [0.15, 0.2) is 24.3 Å². The first-order valence-corrected chi connectivity index (χ1v) is 12.0. The van der Waals surface area contributed by atoms with Crippen molar-refractivity contribution in [3.8, 4) is 0 Å². The van der Waals surface area contributed by atoms with Gasteiger partial charge >= 0.3 is 11.9 Å². The number of hydrogen-bond acceptors (Lipinski definition) is 8. The molecule has 1 radical (unpaired) electrons. The Balaban J connectivity index is 0.00000648. The molecule has 1 aromatic rings. The molecule has 0 unspecified atom stereocenters. The van der Waals surface area contributed by atoms with Gasteiger partial charge in [-0.2, -0.15) is 0 Å². The summed E-state index contributed by atoms with van der Waals surface area (Å²) in [5.41, 5.74) is 1.63. The van der Waals surface area contributed by atoms with Gasteiger partial charge in [-0.3, -0.25) is 34.0 Å². The van der Waals surface area contributed by atoms with Crippen molar-refractivity contribution in [2.24, 2.45) is 0 Å². The van der Waals surface area contributed by atoms with Crippen LogP contribution >= 0.6 is 0 Å². The number of rotatable bonds is 9. The smallest absolute Gasteiger partial charge is 0.317 e. The molecule has 0 aliphatic carbocycles. The molecule has 12 nitrogen and oxygen atoms in total. The molecule has 1 aromatic carbocycles. The van der Waals surface area contributed by atoms with Crippen LogP contribution in [0.4, 0.5) is 0 Å². The molecule has 1 heterocycles. The van der Waals surface area contributed by atoms with Crippen molar-refractivity contribution >= 4 is 17.8 Å². The molecule has 0 aromatic heterocycles. The topological polar surface area (TPSA) is 168 Å². The number of aliphatic carboxylic acids is 2. The molecule has 0 atom stereocenters. The van der Waals surface area contributed by atoms with Crippen molar-refractivity contribution < 1.29 is 53.7 Å². The molecule has 1 amide bonds. The molecule has 1 fully saturated rings. The molecule has 209 valence electrons. The van der Waals surface area contributed by atoms with E-state index in [4.69, 9.17) is 0 Å². The summed E-state index contributed by atoms with van der Waals surface area (Å²) in [6.07, 6.45) is 0. The molecular weight excluding hydrogens is 521 g/mol. The maximum atomic E-state index is 12.2. The van der Waals surface area contributed by atoms with Crippen LogP contribution in [-0.4, -0.2) is 136 Å². The number of benzene rings is 1. The van der Waals surface area contributed by atoms with E-state index in [1.54, 1.807) is 17.0 Å². The van der Waals surface area contributed by atoms with Crippen molar-refractivity contribution in [3.05, 3.63) is 35.4 Å². The van der Waals surface area contributed by atoms with Crippen LogP contribution in [-0.2, 0) is 34.7 Å². The van der Waals surface area contributed by atoms with Gasteiger partial charge in [-0.15, -0.1) is 0 Å². The van der Waals surface area contributed by atoms with Crippen LogP contribution in [0, 0.1) is 0 Å². The monoisotopic (exact) mass is 562 g/mol. The van der Waals surface area contributed by atoms with Crippen LogP contribution in [0.25, 0.3) is 0 Å². The van der Waals surface area contributed by atoms with E-state index in [-0.39, 0.29) is 55.8 Å². The first kappa shape index (κ1) is 35.0. The molecule has 37 heavy (non-hydrogen) atoms. The van der Waals surface area contributed by atoms with Crippen molar-refractivity contribution in [1.29, 1.82) is 0 Å². The predicted octanol–water partition coefficient (Wildman–Crippen LogP) is -1.16. The largest absolute Gasteiger partial charge is 0.480 e. The van der Waals surface area contributed by atoms with Crippen LogP contribution in [0.3, 0.4) is 0 Å². The van der Waals surface area contributed by atoms with Gasteiger partial charge in [0.25, 0.3) is 5.91 Å². The number of amides is 1. The number of nitrogens with one attached hydrogen (secondary N) is 1. The van der Waals surface area contributed by atoms with E-state index < -0.39 is 11.9 Å². The average Bonchev–Trinajstić information content (AvgIpc) is 2.78. The number of hydrogen-bond donors (Lipinski definition) is 4. The van der Waals surface area contributed by atoms with E-state index in [9.17, 15) is 29.7 Å². The second-order valence-corrected chi connectivity index (χ2v) is 9.20. The average molecular weight is 563 g/mol. The molecule has 0 saturated carbocycles. The number of carbonyl (C=O) groups is 3. The summed E-state index contributed by atoms with van der Waals surface area (Å²) in [7, 11) is 0. The van der Waals surface area contributed by atoms with E-state index in [0.717, 1.165) is 5.56 Å². The third-order valence-electron chi connectivity index (χ3n) is 5.89. The molecule has 13 heteroatoms. The molecule has 1 aliphatic heterocycles.